The second-order valence-electron chi connectivity index (χ2n) is 2.26. The minimum Gasteiger partial charge on any atom is -0.768 e. The molecule has 0 aromatic heterocycles. The van der Waals surface area contributed by atoms with Crippen LogP contribution in [0.1, 0.15) is 5.56 Å². The molecule has 0 amide bonds. The molecule has 0 saturated heterocycles. The van der Waals surface area contributed by atoms with Gasteiger partial charge in [-0.05, 0) is 41.8 Å². The van der Waals surface area contributed by atoms with Gasteiger partial charge in [0.2, 0.25) is 0 Å². The van der Waals surface area contributed by atoms with Crippen molar-refractivity contribution in [3.8, 4) is 0 Å². The van der Waals surface area contributed by atoms with E-state index < -0.39 is 11.1 Å². The summed E-state index contributed by atoms with van der Waals surface area (Å²) in [5.41, 5.74) is 6.69. The second kappa shape index (κ2) is 3.02. The van der Waals surface area contributed by atoms with E-state index in [1.807, 2.05) is 0 Å². The van der Waals surface area contributed by atoms with E-state index in [0.717, 1.165) is 0 Å². The van der Waals surface area contributed by atoms with Crippen molar-refractivity contribution in [2.24, 2.45) is 0 Å². The minimum absolute atomic E-state index is 0.305. The van der Waals surface area contributed by atoms with Crippen LogP contribution in [-0.4, -0.2) is 8.76 Å². The Bertz CT molecular complexity index is 298. The van der Waals surface area contributed by atoms with Crippen molar-refractivity contribution in [2.45, 2.75) is 11.8 Å². The molecule has 0 aliphatic rings. The molecule has 0 bridgehead atoms. The molecule has 1 aromatic carbocycles. The van der Waals surface area contributed by atoms with Gasteiger partial charge in [0.1, 0.15) is 0 Å². The summed E-state index contributed by atoms with van der Waals surface area (Å²) >= 11 is -2.15. The summed E-state index contributed by atoms with van der Waals surface area (Å²) in [7, 11) is 0. The number of aryl methyl sites for hydroxylation is 1. The molecule has 1 unspecified atom stereocenters. The number of anilines is 1. The van der Waals surface area contributed by atoms with E-state index in [1.54, 1.807) is 19.1 Å². The van der Waals surface area contributed by atoms with Gasteiger partial charge in [0.15, 0.2) is 0 Å². The molecule has 0 heterocycles. The zero-order chi connectivity index (χ0) is 8.43. The molecule has 0 saturated carbocycles. The van der Waals surface area contributed by atoms with E-state index >= 15 is 0 Å². The van der Waals surface area contributed by atoms with E-state index in [1.165, 1.54) is 6.07 Å². The van der Waals surface area contributed by atoms with Gasteiger partial charge in [0, 0.05) is 10.6 Å². The molecule has 0 fully saturated rings. The molecule has 4 heteroatoms. The van der Waals surface area contributed by atoms with Crippen LogP contribution in [0.15, 0.2) is 23.1 Å². The Labute approximate surface area is 67.5 Å². The molecule has 1 aromatic rings. The molecule has 11 heavy (non-hydrogen) atoms. The van der Waals surface area contributed by atoms with E-state index in [2.05, 4.69) is 0 Å². The van der Waals surface area contributed by atoms with Gasteiger partial charge in [-0.3, -0.25) is 4.21 Å². The number of rotatable bonds is 1. The summed E-state index contributed by atoms with van der Waals surface area (Å²) in [6.07, 6.45) is 0. The van der Waals surface area contributed by atoms with Gasteiger partial charge in [0.25, 0.3) is 0 Å². The van der Waals surface area contributed by atoms with Crippen LogP contribution in [-0.2, 0) is 11.1 Å². The van der Waals surface area contributed by atoms with Gasteiger partial charge in [-0.25, -0.2) is 0 Å². The molecule has 1 atom stereocenters. The molecule has 0 radical (unpaired) electrons. The first-order chi connectivity index (χ1) is 5.11. The van der Waals surface area contributed by atoms with Crippen molar-refractivity contribution in [2.75, 3.05) is 5.73 Å². The van der Waals surface area contributed by atoms with Crippen LogP contribution in [0.3, 0.4) is 0 Å². The van der Waals surface area contributed by atoms with E-state index in [0.29, 0.717) is 16.1 Å². The number of nitrogens with two attached hydrogens (primary N) is 1. The van der Waals surface area contributed by atoms with Crippen molar-refractivity contribution in [3.63, 3.8) is 0 Å². The lowest BCUT2D eigenvalue weighted by Crippen LogP contribution is -1.94. The zero-order valence-corrected chi connectivity index (χ0v) is 6.85. The number of hydrogen-bond acceptors (Lipinski definition) is 3. The summed E-state index contributed by atoms with van der Waals surface area (Å²) in [5.74, 6) is 0. The van der Waals surface area contributed by atoms with E-state index in [-0.39, 0.29) is 0 Å². The Kier molecular flexibility index (Phi) is 2.26. The van der Waals surface area contributed by atoms with Gasteiger partial charge < -0.3 is 10.3 Å². The lowest BCUT2D eigenvalue weighted by Gasteiger charge is -2.08. The molecule has 0 aliphatic carbocycles. The Hall–Kier alpha value is -0.870. The Morgan fingerprint density at radius 2 is 2.18 bits per heavy atom. The first kappa shape index (κ1) is 8.23. The molecule has 3 nitrogen and oxygen atoms in total. The fraction of sp³-hybridized carbons (Fsp3) is 0.143. The van der Waals surface area contributed by atoms with Crippen molar-refractivity contribution in [1.29, 1.82) is 0 Å². The highest BCUT2D eigenvalue weighted by Crippen LogP contribution is 2.14. The summed E-state index contributed by atoms with van der Waals surface area (Å²) in [6, 6.07) is 4.69. The van der Waals surface area contributed by atoms with Crippen molar-refractivity contribution in [3.05, 3.63) is 23.8 Å². The smallest absolute Gasteiger partial charge is 0.0317 e. The Balaban J connectivity index is 3.20. The molecule has 0 aliphatic heterocycles. The van der Waals surface area contributed by atoms with E-state index in [9.17, 15) is 8.76 Å². The van der Waals surface area contributed by atoms with Gasteiger partial charge in [-0.1, -0.05) is 0 Å². The topological polar surface area (TPSA) is 66.2 Å². The molecule has 60 valence electrons. The first-order valence-electron chi connectivity index (χ1n) is 3.06. The summed E-state index contributed by atoms with van der Waals surface area (Å²) in [4.78, 5) is 0.305. The lowest BCUT2D eigenvalue weighted by molar-refractivity contribution is 0.536. The first-order valence-corrected chi connectivity index (χ1v) is 4.14. The minimum atomic E-state index is -2.15. The van der Waals surface area contributed by atoms with Crippen LogP contribution in [0.2, 0.25) is 0 Å². The number of benzene rings is 1. The average Bonchev–Trinajstić information content (AvgIpc) is 1.85. The van der Waals surface area contributed by atoms with Gasteiger partial charge >= 0.3 is 0 Å². The average molecular weight is 170 g/mol. The maximum atomic E-state index is 10.5. The summed E-state index contributed by atoms with van der Waals surface area (Å²) < 4.78 is 21.0. The molecule has 1 rings (SSSR count). The monoisotopic (exact) mass is 170 g/mol. The third kappa shape index (κ3) is 1.78. The molecular formula is C7H8NO2S-. The normalized spacial score (nSPS) is 12.9. The van der Waals surface area contributed by atoms with Crippen LogP contribution in [0.25, 0.3) is 0 Å². The predicted molar refractivity (Wildman–Crippen MR) is 42.8 cm³/mol. The third-order valence-corrected chi connectivity index (χ3v) is 2.20. The largest absolute Gasteiger partial charge is 0.768 e. The predicted octanol–water partition coefficient (Wildman–Crippen LogP) is 0.815. The highest BCUT2D eigenvalue weighted by molar-refractivity contribution is 7.79. The SMILES string of the molecule is Cc1cc(N)ccc1S(=O)[O-]. The molecule has 2 N–H and O–H groups in total. The summed E-state index contributed by atoms with van der Waals surface area (Å²) in [5, 5.41) is 0. The highest BCUT2D eigenvalue weighted by atomic mass is 32.2. The van der Waals surface area contributed by atoms with Gasteiger partial charge in [-0.15, -0.1) is 0 Å². The second-order valence-corrected chi connectivity index (χ2v) is 3.17. The van der Waals surface area contributed by atoms with Crippen LogP contribution < -0.4 is 5.73 Å². The van der Waals surface area contributed by atoms with Gasteiger partial charge in [0.05, 0.1) is 0 Å². The fourth-order valence-electron chi connectivity index (χ4n) is 0.860. The maximum Gasteiger partial charge on any atom is 0.0317 e. The summed E-state index contributed by atoms with van der Waals surface area (Å²) in [6.45, 7) is 1.71. The number of hydrogen-bond donors (Lipinski definition) is 1. The zero-order valence-electron chi connectivity index (χ0n) is 6.03. The van der Waals surface area contributed by atoms with Crippen LogP contribution >= 0.6 is 0 Å². The Morgan fingerprint density at radius 3 is 2.64 bits per heavy atom. The standard InChI is InChI=1S/C7H9NO2S/c1-5-4-6(8)2-3-7(5)11(9)10/h2-4H,8H2,1H3,(H,9,10)/p-1. The van der Waals surface area contributed by atoms with Gasteiger partial charge in [-0.2, -0.15) is 0 Å². The van der Waals surface area contributed by atoms with Crippen LogP contribution in [0, 0.1) is 6.92 Å². The molecular weight excluding hydrogens is 162 g/mol. The third-order valence-electron chi connectivity index (χ3n) is 1.38. The fourth-order valence-corrected chi connectivity index (χ4v) is 1.36. The van der Waals surface area contributed by atoms with E-state index in [4.69, 9.17) is 5.73 Å². The highest BCUT2D eigenvalue weighted by Gasteiger charge is 1.96. The lowest BCUT2D eigenvalue weighted by atomic mass is 10.2. The van der Waals surface area contributed by atoms with Crippen LogP contribution in [0.4, 0.5) is 5.69 Å². The van der Waals surface area contributed by atoms with Crippen molar-refractivity contribution in [1.82, 2.24) is 0 Å². The quantitative estimate of drug-likeness (QED) is 0.501. The van der Waals surface area contributed by atoms with Crippen molar-refractivity contribution < 1.29 is 8.76 Å². The van der Waals surface area contributed by atoms with Crippen molar-refractivity contribution >= 4 is 16.8 Å². The maximum absolute atomic E-state index is 10.5. The Morgan fingerprint density at radius 1 is 1.55 bits per heavy atom. The molecule has 0 spiro atoms. The van der Waals surface area contributed by atoms with Crippen LogP contribution in [0.5, 0.6) is 0 Å². The number of nitrogen functional groups attached to an aromatic ring is 1.